The third-order valence-corrected chi connectivity index (χ3v) is 5.08. The summed E-state index contributed by atoms with van der Waals surface area (Å²) in [5.74, 6) is -0.542. The summed E-state index contributed by atoms with van der Waals surface area (Å²) >= 11 is 0. The van der Waals surface area contributed by atoms with Gasteiger partial charge in [-0.05, 0) is 41.1 Å². The number of carbonyl (C=O) groups excluding carboxylic acids is 2. The van der Waals surface area contributed by atoms with Crippen LogP contribution >= 0.6 is 0 Å². The van der Waals surface area contributed by atoms with Gasteiger partial charge in [-0.25, -0.2) is 9.78 Å². The molecule has 5 nitrogen and oxygen atoms in total. The van der Waals surface area contributed by atoms with E-state index in [9.17, 15) is 9.59 Å². The number of esters is 1. The molecule has 0 radical (unpaired) electrons. The minimum absolute atomic E-state index is 0.265. The number of hydrogen-bond donors (Lipinski definition) is 0. The van der Waals surface area contributed by atoms with Crippen LogP contribution in [-0.4, -0.2) is 23.3 Å². The molecule has 0 amide bonds. The Kier molecular flexibility index (Phi) is 4.77. The first-order valence-electron chi connectivity index (χ1n) is 9.83. The summed E-state index contributed by atoms with van der Waals surface area (Å²) in [6.07, 6.45) is 0. The average Bonchev–Trinajstić information content (AvgIpc) is 3.26. The second-order valence-corrected chi connectivity index (χ2v) is 7.09. The molecule has 150 valence electrons. The predicted molar refractivity (Wildman–Crippen MR) is 118 cm³/mol. The molecule has 31 heavy (non-hydrogen) atoms. The lowest BCUT2D eigenvalue weighted by atomic mass is 10.0. The van der Waals surface area contributed by atoms with Gasteiger partial charge in [-0.15, -0.1) is 0 Å². The van der Waals surface area contributed by atoms with Gasteiger partial charge in [0.2, 0.25) is 5.89 Å². The van der Waals surface area contributed by atoms with Crippen molar-refractivity contribution < 1.29 is 18.7 Å². The number of ketones is 1. The largest absolute Gasteiger partial charge is 0.454 e. The Morgan fingerprint density at radius 1 is 0.806 bits per heavy atom. The van der Waals surface area contributed by atoms with Crippen molar-refractivity contribution in [3.63, 3.8) is 0 Å². The summed E-state index contributed by atoms with van der Waals surface area (Å²) in [5, 5.41) is 2.00. The number of carbonyl (C=O) groups is 2. The van der Waals surface area contributed by atoms with Crippen LogP contribution in [-0.2, 0) is 4.74 Å². The van der Waals surface area contributed by atoms with E-state index in [2.05, 4.69) is 4.98 Å². The smallest absolute Gasteiger partial charge is 0.339 e. The molecule has 0 aliphatic heterocycles. The van der Waals surface area contributed by atoms with Crippen LogP contribution in [0, 0.1) is 0 Å². The molecule has 1 heterocycles. The molecule has 0 saturated heterocycles. The van der Waals surface area contributed by atoms with Gasteiger partial charge in [0.1, 0.15) is 5.52 Å². The minimum Gasteiger partial charge on any atom is -0.454 e. The molecule has 4 aromatic carbocycles. The summed E-state index contributed by atoms with van der Waals surface area (Å²) in [6.45, 7) is -0.348. The van der Waals surface area contributed by atoms with Gasteiger partial charge in [0.15, 0.2) is 18.0 Å². The van der Waals surface area contributed by atoms with E-state index in [1.165, 1.54) is 0 Å². The number of nitrogens with zero attached hydrogens (tertiary/aromatic N) is 1. The van der Waals surface area contributed by atoms with Crippen molar-refractivity contribution in [2.45, 2.75) is 0 Å². The Morgan fingerprint density at radius 3 is 2.42 bits per heavy atom. The summed E-state index contributed by atoms with van der Waals surface area (Å²) in [6, 6.07) is 27.5. The Morgan fingerprint density at radius 2 is 1.55 bits per heavy atom. The molecule has 0 bridgehead atoms. The van der Waals surface area contributed by atoms with Gasteiger partial charge >= 0.3 is 5.97 Å². The lowest BCUT2D eigenvalue weighted by Crippen LogP contribution is -2.15. The number of para-hydroxylation sites is 2. The van der Waals surface area contributed by atoms with E-state index in [4.69, 9.17) is 9.15 Å². The maximum absolute atomic E-state index is 12.8. The summed E-state index contributed by atoms with van der Waals surface area (Å²) in [7, 11) is 0. The second-order valence-electron chi connectivity index (χ2n) is 7.09. The highest BCUT2D eigenvalue weighted by molar-refractivity contribution is 6.03. The van der Waals surface area contributed by atoms with Crippen molar-refractivity contribution in [2.24, 2.45) is 0 Å². The molecule has 5 aromatic rings. The molecule has 5 rings (SSSR count). The molecule has 5 heteroatoms. The number of hydrogen-bond acceptors (Lipinski definition) is 5. The van der Waals surface area contributed by atoms with Crippen LogP contribution in [0.3, 0.4) is 0 Å². The van der Waals surface area contributed by atoms with Gasteiger partial charge in [-0.1, -0.05) is 60.7 Å². The average molecular weight is 407 g/mol. The Bertz CT molecular complexity index is 1400. The Balaban J connectivity index is 1.36. The number of oxazole rings is 1. The number of rotatable bonds is 5. The molecule has 0 fully saturated rings. The van der Waals surface area contributed by atoms with Crippen LogP contribution in [0.4, 0.5) is 0 Å². The van der Waals surface area contributed by atoms with E-state index < -0.39 is 5.97 Å². The van der Waals surface area contributed by atoms with Gasteiger partial charge in [-0.2, -0.15) is 0 Å². The van der Waals surface area contributed by atoms with Gasteiger partial charge < -0.3 is 9.15 Å². The molecule has 0 aliphatic carbocycles. The zero-order valence-corrected chi connectivity index (χ0v) is 16.4. The molecule has 0 atom stereocenters. The van der Waals surface area contributed by atoms with Crippen LogP contribution in [0.25, 0.3) is 33.3 Å². The first kappa shape index (κ1) is 18.8. The van der Waals surface area contributed by atoms with Crippen molar-refractivity contribution in [1.82, 2.24) is 4.98 Å². The minimum atomic E-state index is -0.605. The number of benzene rings is 4. The zero-order chi connectivity index (χ0) is 21.2. The summed E-state index contributed by atoms with van der Waals surface area (Å²) < 4.78 is 11.1. The molecular formula is C26H17NO4. The molecule has 0 aliphatic rings. The van der Waals surface area contributed by atoms with Crippen LogP contribution in [0.15, 0.2) is 95.4 Å². The van der Waals surface area contributed by atoms with Crippen LogP contribution in [0.1, 0.15) is 20.7 Å². The Hall–Kier alpha value is -4.25. The van der Waals surface area contributed by atoms with Crippen molar-refractivity contribution in [2.75, 3.05) is 6.61 Å². The fourth-order valence-electron chi connectivity index (χ4n) is 3.49. The number of aromatic nitrogens is 1. The summed E-state index contributed by atoms with van der Waals surface area (Å²) in [4.78, 5) is 29.8. The van der Waals surface area contributed by atoms with Crippen molar-refractivity contribution in [3.8, 4) is 11.5 Å². The van der Waals surface area contributed by atoms with Crippen molar-refractivity contribution in [1.29, 1.82) is 0 Å². The fraction of sp³-hybridized carbons (Fsp3) is 0.0385. The third kappa shape index (κ3) is 3.69. The maximum atomic E-state index is 12.8. The summed E-state index contributed by atoms with van der Waals surface area (Å²) in [5.41, 5.74) is 2.64. The Labute approximate surface area is 177 Å². The number of fused-ring (bicyclic) bond motifs is 2. The highest BCUT2D eigenvalue weighted by atomic mass is 16.5. The van der Waals surface area contributed by atoms with Gasteiger partial charge in [0.25, 0.3) is 0 Å². The van der Waals surface area contributed by atoms with Crippen molar-refractivity contribution >= 4 is 33.6 Å². The third-order valence-electron chi connectivity index (χ3n) is 5.08. The quantitative estimate of drug-likeness (QED) is 0.277. The maximum Gasteiger partial charge on any atom is 0.339 e. The monoisotopic (exact) mass is 407 g/mol. The first-order valence-corrected chi connectivity index (χ1v) is 9.83. The molecule has 0 spiro atoms. The van der Waals surface area contributed by atoms with E-state index in [-0.39, 0.29) is 12.4 Å². The first-order chi connectivity index (χ1) is 15.2. The van der Waals surface area contributed by atoms with Gasteiger partial charge in [-0.3, -0.25) is 4.79 Å². The number of Topliss-reactive ketones (excluding diaryl/α,β-unsaturated/α-hetero) is 1. The van der Waals surface area contributed by atoms with Crippen LogP contribution in [0.2, 0.25) is 0 Å². The highest BCUT2D eigenvalue weighted by Crippen LogP contribution is 2.27. The van der Waals surface area contributed by atoms with Crippen LogP contribution in [0.5, 0.6) is 0 Å². The van der Waals surface area contributed by atoms with Crippen molar-refractivity contribution in [3.05, 3.63) is 102 Å². The molecular weight excluding hydrogens is 390 g/mol. The van der Waals surface area contributed by atoms with E-state index >= 15 is 0 Å². The standard InChI is InChI=1S/C26H17NO4/c28-23(19-14-13-17-7-1-2-8-18(17)15-19)16-30-26(29)21-10-4-3-9-20(21)25-27-22-11-5-6-12-24(22)31-25/h1-15H,16H2. The molecule has 0 saturated carbocycles. The van der Waals surface area contributed by atoms with Gasteiger partial charge in [0.05, 0.1) is 11.1 Å². The molecule has 1 aromatic heterocycles. The predicted octanol–water partition coefficient (Wildman–Crippen LogP) is 5.69. The second kappa shape index (κ2) is 7.88. The van der Waals surface area contributed by atoms with Gasteiger partial charge in [0, 0.05) is 5.56 Å². The SMILES string of the molecule is O=C(COC(=O)c1ccccc1-c1nc2ccccc2o1)c1ccc2ccccc2c1. The normalized spacial score (nSPS) is 11.0. The van der Waals surface area contributed by atoms with E-state index in [0.717, 1.165) is 10.8 Å². The molecule has 0 N–H and O–H groups in total. The van der Waals surface area contributed by atoms with Crippen LogP contribution < -0.4 is 0 Å². The number of ether oxygens (including phenoxy) is 1. The lowest BCUT2D eigenvalue weighted by molar-refractivity contribution is 0.0475. The lowest BCUT2D eigenvalue weighted by Gasteiger charge is -2.08. The molecule has 0 unspecified atom stereocenters. The van der Waals surface area contributed by atoms with E-state index in [0.29, 0.717) is 33.7 Å². The highest BCUT2D eigenvalue weighted by Gasteiger charge is 2.19. The fourth-order valence-corrected chi connectivity index (χ4v) is 3.49. The van der Waals surface area contributed by atoms with E-state index in [1.807, 2.05) is 54.6 Å². The van der Waals surface area contributed by atoms with E-state index in [1.54, 1.807) is 36.4 Å². The zero-order valence-electron chi connectivity index (χ0n) is 16.4. The topological polar surface area (TPSA) is 69.4 Å².